The number of carbonyl (C=O) groups is 3. The van der Waals surface area contributed by atoms with Gasteiger partial charge in [-0.2, -0.15) is 0 Å². The van der Waals surface area contributed by atoms with Crippen molar-refractivity contribution in [2.24, 2.45) is 0 Å². The Labute approximate surface area is 350 Å². The molecule has 0 N–H and O–H groups in total. The largest absolute Gasteiger partial charge is 0.462 e. The molecule has 0 saturated carbocycles. The summed E-state index contributed by atoms with van der Waals surface area (Å²) in [5.41, 5.74) is 0. The topological polar surface area (TPSA) is 78.9 Å². The molecule has 1 atom stereocenters. The highest BCUT2D eigenvalue weighted by Gasteiger charge is 2.19. The van der Waals surface area contributed by atoms with Crippen molar-refractivity contribution in [2.45, 2.75) is 207 Å². The Hall–Kier alpha value is -3.41. The van der Waals surface area contributed by atoms with Crippen molar-refractivity contribution >= 4 is 17.9 Å². The summed E-state index contributed by atoms with van der Waals surface area (Å²) in [6.45, 7) is 6.29. The van der Waals surface area contributed by atoms with Crippen molar-refractivity contribution in [3.63, 3.8) is 0 Å². The average molecular weight is 793 g/mol. The lowest BCUT2D eigenvalue weighted by Gasteiger charge is -2.18. The molecule has 0 aromatic rings. The number of hydrogen-bond acceptors (Lipinski definition) is 6. The number of unbranched alkanes of at least 4 members (excludes halogenated alkanes) is 18. The minimum atomic E-state index is -0.803. The predicted molar refractivity (Wildman–Crippen MR) is 242 cm³/mol. The van der Waals surface area contributed by atoms with Gasteiger partial charge in [-0.1, -0.05) is 202 Å². The minimum absolute atomic E-state index is 0.104. The van der Waals surface area contributed by atoms with Crippen LogP contribution in [0.25, 0.3) is 0 Å². The zero-order valence-corrected chi connectivity index (χ0v) is 36.8. The highest BCUT2D eigenvalue weighted by atomic mass is 16.6. The Bertz CT molecular complexity index is 1140. The Balaban J connectivity index is 4.48. The van der Waals surface area contributed by atoms with Gasteiger partial charge in [0.1, 0.15) is 13.2 Å². The first kappa shape index (κ1) is 53.6. The molecule has 0 rings (SSSR count). The summed E-state index contributed by atoms with van der Waals surface area (Å²) in [7, 11) is 0. The standard InChI is InChI=1S/C51H84O6/c1-4-7-10-13-16-19-22-24-25-27-29-32-35-38-41-44-50(53)56-47-48(46-55-49(52)43-40-37-34-31-28-21-18-15-12-9-6-3)57-51(54)45-42-39-36-33-30-26-23-20-17-14-11-8-5-2/h7,9-10,12-13,16,18-19,21-22,24-25,31,34,48H,4-6,8,11,14-15,17,20,23,26-30,32-33,35-47H2,1-3H3/b10-7-,12-9-,16-13-,21-18-,22-19-,25-24-,34-31-. The van der Waals surface area contributed by atoms with E-state index >= 15 is 0 Å². The second-order valence-corrected chi connectivity index (χ2v) is 15.0. The molecule has 0 bridgehead atoms. The molecule has 0 radical (unpaired) electrons. The molecule has 0 aromatic carbocycles. The van der Waals surface area contributed by atoms with Crippen LogP contribution in [0.3, 0.4) is 0 Å². The Morgan fingerprint density at radius 2 is 0.789 bits per heavy atom. The third kappa shape index (κ3) is 43.6. The van der Waals surface area contributed by atoms with Gasteiger partial charge in [0.2, 0.25) is 0 Å². The monoisotopic (exact) mass is 793 g/mol. The average Bonchev–Trinajstić information content (AvgIpc) is 3.21. The third-order valence-corrected chi connectivity index (χ3v) is 9.49. The summed E-state index contributed by atoms with van der Waals surface area (Å²) in [6, 6.07) is 0. The number of esters is 3. The maximum atomic E-state index is 12.7. The van der Waals surface area contributed by atoms with Crippen molar-refractivity contribution in [1.29, 1.82) is 0 Å². The Morgan fingerprint density at radius 3 is 1.33 bits per heavy atom. The second-order valence-electron chi connectivity index (χ2n) is 15.0. The second kappa shape index (κ2) is 45.3. The van der Waals surface area contributed by atoms with Gasteiger partial charge in [-0.15, -0.1) is 0 Å². The highest BCUT2D eigenvalue weighted by Crippen LogP contribution is 2.14. The van der Waals surface area contributed by atoms with Crippen molar-refractivity contribution in [1.82, 2.24) is 0 Å². The predicted octanol–water partition coefficient (Wildman–Crippen LogP) is 14.9. The van der Waals surface area contributed by atoms with Gasteiger partial charge in [-0.05, 0) is 64.2 Å². The first-order valence-electron chi connectivity index (χ1n) is 23.1. The lowest BCUT2D eigenvalue weighted by Crippen LogP contribution is -2.30. The van der Waals surface area contributed by atoms with Gasteiger partial charge >= 0.3 is 17.9 Å². The molecule has 0 fully saturated rings. The quantitative estimate of drug-likeness (QED) is 0.0202. The Kier molecular flexibility index (Phi) is 42.6. The van der Waals surface area contributed by atoms with Crippen molar-refractivity contribution in [3.05, 3.63) is 85.1 Å². The number of ether oxygens (including phenoxy) is 3. The van der Waals surface area contributed by atoms with E-state index < -0.39 is 6.10 Å². The molecule has 0 aliphatic heterocycles. The number of hydrogen-bond donors (Lipinski definition) is 0. The van der Waals surface area contributed by atoms with E-state index in [1.165, 1.54) is 64.2 Å². The summed E-state index contributed by atoms with van der Waals surface area (Å²) >= 11 is 0. The summed E-state index contributed by atoms with van der Waals surface area (Å²) in [4.78, 5) is 37.7. The minimum Gasteiger partial charge on any atom is -0.462 e. The summed E-state index contributed by atoms with van der Waals surface area (Å²) in [5.74, 6) is -0.986. The van der Waals surface area contributed by atoms with E-state index in [4.69, 9.17) is 14.2 Å². The molecule has 0 spiro atoms. The zero-order chi connectivity index (χ0) is 41.5. The van der Waals surface area contributed by atoms with E-state index in [-0.39, 0.29) is 37.5 Å². The highest BCUT2D eigenvalue weighted by molar-refractivity contribution is 5.71. The van der Waals surface area contributed by atoms with E-state index in [2.05, 4.69) is 81.5 Å². The molecule has 0 heterocycles. The van der Waals surface area contributed by atoms with Gasteiger partial charge < -0.3 is 14.2 Å². The van der Waals surface area contributed by atoms with E-state index in [1.54, 1.807) is 0 Å². The third-order valence-electron chi connectivity index (χ3n) is 9.49. The van der Waals surface area contributed by atoms with Crippen LogP contribution in [0.1, 0.15) is 201 Å². The molecule has 0 aliphatic carbocycles. The first-order chi connectivity index (χ1) is 28.0. The van der Waals surface area contributed by atoms with Gasteiger partial charge in [0.25, 0.3) is 0 Å². The Morgan fingerprint density at radius 1 is 0.386 bits per heavy atom. The van der Waals surface area contributed by atoms with E-state index in [9.17, 15) is 14.4 Å². The number of allylic oxidation sites excluding steroid dienone is 14. The van der Waals surface area contributed by atoms with Crippen LogP contribution in [0.15, 0.2) is 85.1 Å². The van der Waals surface area contributed by atoms with Gasteiger partial charge in [0, 0.05) is 19.3 Å². The SMILES string of the molecule is CC\C=C/C=C\C=C/C=C\CCCCCCCC(=O)OCC(COC(=O)CCC/C=C\C/C=C\C/C=C\CC)OC(=O)CCCCCCCCCCCCCCC. The van der Waals surface area contributed by atoms with Gasteiger partial charge in [-0.25, -0.2) is 0 Å². The van der Waals surface area contributed by atoms with Crippen molar-refractivity contribution in [2.75, 3.05) is 13.2 Å². The van der Waals surface area contributed by atoms with Crippen molar-refractivity contribution < 1.29 is 28.6 Å². The van der Waals surface area contributed by atoms with E-state index in [0.717, 1.165) is 89.9 Å². The summed E-state index contributed by atoms with van der Waals surface area (Å²) in [6.07, 6.45) is 57.1. The first-order valence-corrected chi connectivity index (χ1v) is 23.1. The fourth-order valence-corrected chi connectivity index (χ4v) is 6.06. The zero-order valence-electron chi connectivity index (χ0n) is 36.8. The fraction of sp³-hybridized carbons (Fsp3) is 0.667. The summed E-state index contributed by atoms with van der Waals surface area (Å²) in [5, 5.41) is 0. The molecular formula is C51H84O6. The van der Waals surface area contributed by atoms with Crippen LogP contribution in [-0.2, 0) is 28.6 Å². The smallest absolute Gasteiger partial charge is 0.306 e. The van der Waals surface area contributed by atoms with Crippen LogP contribution in [0, 0.1) is 0 Å². The molecule has 0 aromatic heterocycles. The van der Waals surface area contributed by atoms with E-state index in [0.29, 0.717) is 19.3 Å². The maximum Gasteiger partial charge on any atom is 0.306 e. The van der Waals surface area contributed by atoms with Crippen molar-refractivity contribution in [3.8, 4) is 0 Å². The molecule has 0 amide bonds. The van der Waals surface area contributed by atoms with Crippen LogP contribution >= 0.6 is 0 Å². The van der Waals surface area contributed by atoms with Crippen LogP contribution in [-0.4, -0.2) is 37.2 Å². The maximum absolute atomic E-state index is 12.7. The van der Waals surface area contributed by atoms with Crippen LogP contribution in [0.4, 0.5) is 0 Å². The van der Waals surface area contributed by atoms with E-state index in [1.807, 2.05) is 24.3 Å². The summed E-state index contributed by atoms with van der Waals surface area (Å²) < 4.78 is 16.7. The molecule has 324 valence electrons. The molecule has 0 aliphatic rings. The lowest BCUT2D eigenvalue weighted by molar-refractivity contribution is -0.167. The number of carbonyl (C=O) groups excluding carboxylic acids is 3. The molecular weight excluding hydrogens is 709 g/mol. The van der Waals surface area contributed by atoms with Gasteiger partial charge in [-0.3, -0.25) is 14.4 Å². The van der Waals surface area contributed by atoms with Crippen LogP contribution in [0.2, 0.25) is 0 Å². The van der Waals surface area contributed by atoms with Gasteiger partial charge in [0.15, 0.2) is 6.10 Å². The molecule has 6 heteroatoms. The number of rotatable bonds is 40. The molecule has 0 saturated heterocycles. The van der Waals surface area contributed by atoms with Gasteiger partial charge in [0.05, 0.1) is 0 Å². The van der Waals surface area contributed by atoms with Crippen LogP contribution < -0.4 is 0 Å². The lowest BCUT2D eigenvalue weighted by atomic mass is 10.0. The normalized spacial score (nSPS) is 12.8. The molecule has 57 heavy (non-hydrogen) atoms. The van der Waals surface area contributed by atoms with Crippen LogP contribution in [0.5, 0.6) is 0 Å². The fourth-order valence-electron chi connectivity index (χ4n) is 6.06. The molecule has 1 unspecified atom stereocenters. The molecule has 6 nitrogen and oxygen atoms in total.